The van der Waals surface area contributed by atoms with E-state index in [9.17, 15) is 0 Å². The lowest BCUT2D eigenvalue weighted by Crippen LogP contribution is -1.95. The van der Waals surface area contributed by atoms with E-state index in [1.165, 1.54) is 11.1 Å². The van der Waals surface area contributed by atoms with Crippen molar-refractivity contribution >= 4 is 11.0 Å². The van der Waals surface area contributed by atoms with E-state index < -0.39 is 0 Å². The fourth-order valence-electron chi connectivity index (χ4n) is 1.93. The summed E-state index contributed by atoms with van der Waals surface area (Å²) in [5.41, 5.74) is 3.74. The van der Waals surface area contributed by atoms with E-state index in [0.717, 1.165) is 17.8 Å². The molecule has 0 unspecified atom stereocenters. The third-order valence-electron chi connectivity index (χ3n) is 2.98. The Kier molecular flexibility index (Phi) is 2.51. The second-order valence-electron chi connectivity index (χ2n) is 4.34. The van der Waals surface area contributed by atoms with Crippen LogP contribution in [0, 0.1) is 0 Å². The SMILES string of the molecule is CCc1nc2ccc(C(C)C)cc2n1C. The van der Waals surface area contributed by atoms with Crippen molar-refractivity contribution < 1.29 is 0 Å². The highest BCUT2D eigenvalue weighted by molar-refractivity contribution is 5.77. The maximum Gasteiger partial charge on any atom is 0.109 e. The van der Waals surface area contributed by atoms with Crippen molar-refractivity contribution in [2.45, 2.75) is 33.1 Å². The lowest BCUT2D eigenvalue weighted by molar-refractivity contribution is 0.825. The molecule has 1 aromatic carbocycles. The van der Waals surface area contributed by atoms with Gasteiger partial charge in [-0.25, -0.2) is 4.98 Å². The van der Waals surface area contributed by atoms with Gasteiger partial charge in [-0.2, -0.15) is 0 Å². The van der Waals surface area contributed by atoms with Crippen LogP contribution in [-0.2, 0) is 13.5 Å². The summed E-state index contributed by atoms with van der Waals surface area (Å²) in [6, 6.07) is 6.56. The quantitative estimate of drug-likeness (QED) is 0.731. The van der Waals surface area contributed by atoms with Gasteiger partial charge in [-0.15, -0.1) is 0 Å². The number of rotatable bonds is 2. The first-order valence-electron chi connectivity index (χ1n) is 5.58. The number of hydrogen-bond donors (Lipinski definition) is 0. The molecule has 2 nitrogen and oxygen atoms in total. The number of imidazole rings is 1. The van der Waals surface area contributed by atoms with E-state index in [1.807, 2.05) is 0 Å². The average molecular weight is 202 g/mol. The molecule has 0 bridgehead atoms. The smallest absolute Gasteiger partial charge is 0.109 e. The Morgan fingerprint density at radius 3 is 2.67 bits per heavy atom. The van der Waals surface area contributed by atoms with E-state index >= 15 is 0 Å². The third-order valence-corrected chi connectivity index (χ3v) is 2.98. The number of aryl methyl sites for hydroxylation is 2. The molecule has 2 rings (SSSR count). The Hall–Kier alpha value is -1.31. The molecule has 0 aliphatic rings. The molecular formula is C13H18N2. The zero-order valence-electron chi connectivity index (χ0n) is 9.91. The number of hydrogen-bond acceptors (Lipinski definition) is 1. The van der Waals surface area contributed by atoms with Crippen LogP contribution in [-0.4, -0.2) is 9.55 Å². The number of nitrogens with zero attached hydrogens (tertiary/aromatic N) is 2. The van der Waals surface area contributed by atoms with Crippen molar-refractivity contribution in [1.29, 1.82) is 0 Å². The maximum absolute atomic E-state index is 4.59. The fraction of sp³-hybridized carbons (Fsp3) is 0.462. The second-order valence-corrected chi connectivity index (χ2v) is 4.34. The summed E-state index contributed by atoms with van der Waals surface area (Å²) in [7, 11) is 2.10. The molecule has 15 heavy (non-hydrogen) atoms. The Labute approximate surface area is 90.9 Å². The van der Waals surface area contributed by atoms with Gasteiger partial charge in [0.2, 0.25) is 0 Å². The Balaban J connectivity index is 2.65. The average Bonchev–Trinajstić information content (AvgIpc) is 2.55. The van der Waals surface area contributed by atoms with E-state index in [2.05, 4.69) is 55.6 Å². The topological polar surface area (TPSA) is 17.8 Å². The minimum atomic E-state index is 0.578. The first kappa shape index (κ1) is 10.2. The van der Waals surface area contributed by atoms with Crippen LogP contribution in [0.3, 0.4) is 0 Å². The fourth-order valence-corrected chi connectivity index (χ4v) is 1.93. The van der Waals surface area contributed by atoms with Crippen LogP contribution in [0.5, 0.6) is 0 Å². The lowest BCUT2D eigenvalue weighted by Gasteiger charge is -2.05. The number of aromatic nitrogens is 2. The number of benzene rings is 1. The predicted octanol–water partition coefficient (Wildman–Crippen LogP) is 3.26. The van der Waals surface area contributed by atoms with Crippen LogP contribution in [0.2, 0.25) is 0 Å². The zero-order chi connectivity index (χ0) is 11.0. The standard InChI is InChI=1S/C13H18N2/c1-5-13-14-11-7-6-10(9(2)3)8-12(11)15(13)4/h6-9H,5H2,1-4H3. The molecule has 2 heteroatoms. The minimum absolute atomic E-state index is 0.578. The zero-order valence-corrected chi connectivity index (χ0v) is 9.91. The molecule has 0 N–H and O–H groups in total. The van der Waals surface area contributed by atoms with Crippen LogP contribution in [0.1, 0.15) is 38.1 Å². The van der Waals surface area contributed by atoms with Gasteiger partial charge in [0.25, 0.3) is 0 Å². The number of fused-ring (bicyclic) bond motifs is 1. The van der Waals surface area contributed by atoms with Crippen LogP contribution in [0.4, 0.5) is 0 Å². The van der Waals surface area contributed by atoms with E-state index in [-0.39, 0.29) is 0 Å². The largest absolute Gasteiger partial charge is 0.331 e. The van der Waals surface area contributed by atoms with Crippen molar-refractivity contribution in [2.24, 2.45) is 7.05 Å². The monoisotopic (exact) mass is 202 g/mol. The minimum Gasteiger partial charge on any atom is -0.331 e. The third kappa shape index (κ3) is 1.65. The molecule has 80 valence electrons. The molecule has 0 amide bonds. The molecule has 0 aliphatic heterocycles. The van der Waals surface area contributed by atoms with Crippen LogP contribution >= 0.6 is 0 Å². The molecule has 0 saturated carbocycles. The van der Waals surface area contributed by atoms with Crippen molar-refractivity contribution in [2.75, 3.05) is 0 Å². The first-order valence-corrected chi connectivity index (χ1v) is 5.58. The van der Waals surface area contributed by atoms with Crippen LogP contribution in [0.15, 0.2) is 18.2 Å². The summed E-state index contributed by atoms with van der Waals surface area (Å²) in [6.45, 7) is 6.58. The van der Waals surface area contributed by atoms with E-state index in [1.54, 1.807) is 0 Å². The molecule has 0 saturated heterocycles. The Morgan fingerprint density at radius 1 is 1.33 bits per heavy atom. The van der Waals surface area contributed by atoms with Gasteiger partial charge in [-0.3, -0.25) is 0 Å². The van der Waals surface area contributed by atoms with E-state index in [0.29, 0.717) is 5.92 Å². The maximum atomic E-state index is 4.59. The van der Waals surface area contributed by atoms with Gasteiger partial charge >= 0.3 is 0 Å². The molecule has 0 radical (unpaired) electrons. The van der Waals surface area contributed by atoms with Crippen molar-refractivity contribution in [3.8, 4) is 0 Å². The molecule has 0 atom stereocenters. The predicted molar refractivity (Wildman–Crippen MR) is 64.2 cm³/mol. The van der Waals surface area contributed by atoms with Crippen LogP contribution < -0.4 is 0 Å². The van der Waals surface area contributed by atoms with Crippen LogP contribution in [0.25, 0.3) is 11.0 Å². The molecule has 1 heterocycles. The second kappa shape index (κ2) is 3.69. The molecular weight excluding hydrogens is 184 g/mol. The summed E-state index contributed by atoms with van der Waals surface area (Å²) in [6.07, 6.45) is 0.988. The summed E-state index contributed by atoms with van der Waals surface area (Å²) in [4.78, 5) is 4.59. The lowest BCUT2D eigenvalue weighted by atomic mass is 10.0. The highest BCUT2D eigenvalue weighted by atomic mass is 15.1. The van der Waals surface area contributed by atoms with Gasteiger partial charge in [0.05, 0.1) is 11.0 Å². The van der Waals surface area contributed by atoms with Crippen molar-refractivity contribution in [1.82, 2.24) is 9.55 Å². The van der Waals surface area contributed by atoms with Gasteiger partial charge in [0.15, 0.2) is 0 Å². The molecule has 0 aliphatic carbocycles. The van der Waals surface area contributed by atoms with Gasteiger partial charge in [0.1, 0.15) is 5.82 Å². The normalized spacial score (nSPS) is 11.5. The van der Waals surface area contributed by atoms with Crippen molar-refractivity contribution in [3.05, 3.63) is 29.6 Å². The van der Waals surface area contributed by atoms with E-state index in [4.69, 9.17) is 0 Å². The van der Waals surface area contributed by atoms with Gasteiger partial charge in [-0.05, 0) is 23.6 Å². The van der Waals surface area contributed by atoms with Gasteiger partial charge in [-0.1, -0.05) is 26.8 Å². The van der Waals surface area contributed by atoms with Crippen molar-refractivity contribution in [3.63, 3.8) is 0 Å². The Bertz CT molecular complexity index is 480. The molecule has 2 aromatic rings. The molecule has 0 spiro atoms. The van der Waals surface area contributed by atoms with Gasteiger partial charge in [0, 0.05) is 13.5 Å². The summed E-state index contributed by atoms with van der Waals surface area (Å²) in [5.74, 6) is 1.74. The summed E-state index contributed by atoms with van der Waals surface area (Å²) >= 11 is 0. The molecule has 0 fully saturated rings. The highest BCUT2D eigenvalue weighted by Gasteiger charge is 2.07. The molecule has 1 aromatic heterocycles. The first-order chi connectivity index (χ1) is 7.13. The van der Waals surface area contributed by atoms with Gasteiger partial charge < -0.3 is 4.57 Å². The summed E-state index contributed by atoms with van der Waals surface area (Å²) < 4.78 is 2.20. The Morgan fingerprint density at radius 2 is 2.07 bits per heavy atom. The highest BCUT2D eigenvalue weighted by Crippen LogP contribution is 2.21. The summed E-state index contributed by atoms with van der Waals surface area (Å²) in [5, 5.41) is 0.